The number of thioether (sulfide) groups is 1. The normalized spacial score (nSPS) is 12.2. The molecule has 2 aromatic rings. The van der Waals surface area contributed by atoms with Gasteiger partial charge >= 0.3 is 0 Å². The van der Waals surface area contributed by atoms with Crippen LogP contribution in [0.25, 0.3) is 10.9 Å². The number of hydrogen-bond acceptors (Lipinski definition) is 4. The number of unbranched alkanes of at least 4 members (excludes halogenated alkanes) is 3. The maximum absolute atomic E-state index is 12.7. The van der Waals surface area contributed by atoms with E-state index in [1.165, 1.54) is 18.2 Å². The van der Waals surface area contributed by atoms with Crippen LogP contribution in [0.4, 0.5) is 0 Å². The third-order valence-corrected chi connectivity index (χ3v) is 4.51. The zero-order valence-electron chi connectivity index (χ0n) is 13.1. The molecule has 0 aliphatic rings. The van der Waals surface area contributed by atoms with Crippen LogP contribution in [0.5, 0.6) is 0 Å². The summed E-state index contributed by atoms with van der Waals surface area (Å²) in [5, 5.41) is 10.1. The number of hydrogen-bond donors (Lipinski definition) is 0. The molecule has 0 saturated heterocycles. The SMILES string of the molecule is CCCCCCn1c(S[C@H](C)C#N)nc2ccccc2c1=O. The van der Waals surface area contributed by atoms with Crippen LogP contribution in [0.15, 0.2) is 34.2 Å². The molecule has 0 aliphatic carbocycles. The van der Waals surface area contributed by atoms with Gasteiger partial charge in [-0.2, -0.15) is 5.26 Å². The van der Waals surface area contributed by atoms with Crippen molar-refractivity contribution in [2.75, 3.05) is 0 Å². The van der Waals surface area contributed by atoms with Gasteiger partial charge in [-0.1, -0.05) is 50.1 Å². The lowest BCUT2D eigenvalue weighted by molar-refractivity contribution is 0.531. The van der Waals surface area contributed by atoms with Crippen molar-refractivity contribution in [3.05, 3.63) is 34.6 Å². The van der Waals surface area contributed by atoms with E-state index in [-0.39, 0.29) is 10.8 Å². The van der Waals surface area contributed by atoms with Crippen LogP contribution >= 0.6 is 11.8 Å². The highest BCUT2D eigenvalue weighted by Crippen LogP contribution is 2.22. The lowest BCUT2D eigenvalue weighted by Gasteiger charge is -2.13. The van der Waals surface area contributed by atoms with Crippen LogP contribution in [0.2, 0.25) is 0 Å². The van der Waals surface area contributed by atoms with Crippen molar-refractivity contribution in [2.45, 2.75) is 56.5 Å². The monoisotopic (exact) mass is 315 g/mol. The Hall–Kier alpha value is -1.80. The van der Waals surface area contributed by atoms with E-state index < -0.39 is 0 Å². The van der Waals surface area contributed by atoms with Crippen molar-refractivity contribution < 1.29 is 0 Å². The third kappa shape index (κ3) is 3.89. The number of benzene rings is 1. The molecular weight excluding hydrogens is 294 g/mol. The van der Waals surface area contributed by atoms with Gasteiger partial charge in [-0.25, -0.2) is 4.98 Å². The van der Waals surface area contributed by atoms with Crippen LogP contribution < -0.4 is 5.56 Å². The first-order chi connectivity index (χ1) is 10.7. The lowest BCUT2D eigenvalue weighted by atomic mass is 10.2. The van der Waals surface area contributed by atoms with E-state index in [1.54, 1.807) is 4.57 Å². The van der Waals surface area contributed by atoms with E-state index >= 15 is 0 Å². The Morgan fingerprint density at radius 1 is 1.32 bits per heavy atom. The molecule has 0 aliphatic heterocycles. The highest BCUT2D eigenvalue weighted by molar-refractivity contribution is 8.00. The van der Waals surface area contributed by atoms with Gasteiger partial charge in [0.2, 0.25) is 0 Å². The number of aromatic nitrogens is 2. The molecule has 1 aromatic carbocycles. The summed E-state index contributed by atoms with van der Waals surface area (Å²) < 4.78 is 1.73. The van der Waals surface area contributed by atoms with Crippen molar-refractivity contribution in [3.8, 4) is 6.07 Å². The fraction of sp³-hybridized carbons (Fsp3) is 0.471. The molecule has 1 atom stereocenters. The second-order valence-electron chi connectivity index (χ2n) is 5.32. The fourth-order valence-electron chi connectivity index (χ4n) is 2.32. The minimum absolute atomic E-state index is 0.00487. The smallest absolute Gasteiger partial charge is 0.262 e. The molecule has 4 nitrogen and oxygen atoms in total. The molecular formula is C17H21N3OS. The maximum atomic E-state index is 12.7. The van der Waals surface area contributed by atoms with Gasteiger partial charge in [-0.3, -0.25) is 9.36 Å². The minimum atomic E-state index is -0.227. The van der Waals surface area contributed by atoms with Crippen molar-refractivity contribution in [1.29, 1.82) is 5.26 Å². The van der Waals surface area contributed by atoms with Gasteiger partial charge < -0.3 is 0 Å². The molecule has 0 spiro atoms. The molecule has 116 valence electrons. The molecule has 0 N–H and O–H groups in total. The number of rotatable bonds is 7. The Balaban J connectivity index is 2.40. The molecule has 0 radical (unpaired) electrons. The van der Waals surface area contributed by atoms with E-state index in [2.05, 4.69) is 18.0 Å². The van der Waals surface area contributed by atoms with Crippen molar-refractivity contribution in [3.63, 3.8) is 0 Å². The largest absolute Gasteiger partial charge is 0.287 e. The van der Waals surface area contributed by atoms with E-state index in [1.807, 2.05) is 31.2 Å². The summed E-state index contributed by atoms with van der Waals surface area (Å²) in [7, 11) is 0. The lowest BCUT2D eigenvalue weighted by Crippen LogP contribution is -2.24. The predicted molar refractivity (Wildman–Crippen MR) is 91.1 cm³/mol. The number of nitrogens with zero attached hydrogens (tertiary/aromatic N) is 3. The van der Waals surface area contributed by atoms with Gasteiger partial charge in [0, 0.05) is 6.54 Å². The van der Waals surface area contributed by atoms with E-state index in [4.69, 9.17) is 5.26 Å². The predicted octanol–water partition coefficient (Wildman–Crippen LogP) is 3.98. The van der Waals surface area contributed by atoms with E-state index in [0.717, 1.165) is 19.3 Å². The Morgan fingerprint density at radius 2 is 2.09 bits per heavy atom. The Kier molecular flexibility index (Phi) is 6.02. The summed E-state index contributed by atoms with van der Waals surface area (Å²) >= 11 is 1.35. The molecule has 1 heterocycles. The Bertz CT molecular complexity index is 733. The molecule has 22 heavy (non-hydrogen) atoms. The second kappa shape index (κ2) is 8.00. The highest BCUT2D eigenvalue weighted by atomic mass is 32.2. The topological polar surface area (TPSA) is 58.7 Å². The summed E-state index contributed by atoms with van der Waals surface area (Å²) in [5.41, 5.74) is 0.694. The Morgan fingerprint density at radius 3 is 2.82 bits per heavy atom. The van der Waals surface area contributed by atoms with Gasteiger partial charge in [0.15, 0.2) is 5.16 Å². The second-order valence-corrected chi connectivity index (χ2v) is 6.63. The quantitative estimate of drug-likeness (QED) is 0.440. The van der Waals surface area contributed by atoms with Gasteiger partial charge in [0.1, 0.15) is 0 Å². The standard InChI is InChI=1S/C17H21N3OS/c1-3-4-5-8-11-20-16(21)14-9-6-7-10-15(14)19-17(20)22-13(2)12-18/h6-7,9-10,13H,3-5,8,11H2,1-2H3/t13-/m1/s1. The summed E-state index contributed by atoms with van der Waals surface area (Å²) in [6.45, 7) is 4.66. The molecule has 0 bridgehead atoms. The van der Waals surface area contributed by atoms with Crippen LogP contribution in [-0.2, 0) is 6.54 Å². The van der Waals surface area contributed by atoms with Crippen LogP contribution in [0.1, 0.15) is 39.5 Å². The van der Waals surface area contributed by atoms with Gasteiger partial charge in [-0.15, -0.1) is 0 Å². The summed E-state index contributed by atoms with van der Waals surface area (Å²) in [6.07, 6.45) is 4.40. The molecule has 0 fully saturated rings. The fourth-order valence-corrected chi connectivity index (χ4v) is 3.14. The number of para-hydroxylation sites is 1. The van der Waals surface area contributed by atoms with Crippen LogP contribution in [0, 0.1) is 11.3 Å². The minimum Gasteiger partial charge on any atom is -0.287 e. The van der Waals surface area contributed by atoms with Gasteiger partial charge in [0.25, 0.3) is 5.56 Å². The van der Waals surface area contributed by atoms with Crippen LogP contribution in [0.3, 0.4) is 0 Å². The average molecular weight is 315 g/mol. The van der Waals surface area contributed by atoms with Gasteiger partial charge in [0.05, 0.1) is 22.2 Å². The molecule has 0 amide bonds. The first-order valence-corrected chi connectivity index (χ1v) is 8.61. The zero-order valence-corrected chi connectivity index (χ0v) is 13.9. The van der Waals surface area contributed by atoms with Crippen molar-refractivity contribution in [1.82, 2.24) is 9.55 Å². The molecule has 2 rings (SSSR count). The van der Waals surface area contributed by atoms with Crippen molar-refractivity contribution >= 4 is 22.7 Å². The number of fused-ring (bicyclic) bond motifs is 1. The van der Waals surface area contributed by atoms with E-state index in [0.29, 0.717) is 22.6 Å². The van der Waals surface area contributed by atoms with Gasteiger partial charge in [-0.05, 0) is 25.5 Å². The average Bonchev–Trinajstić information content (AvgIpc) is 2.53. The maximum Gasteiger partial charge on any atom is 0.262 e. The third-order valence-electron chi connectivity index (χ3n) is 3.53. The first-order valence-electron chi connectivity index (χ1n) is 7.73. The summed E-state index contributed by atoms with van der Waals surface area (Å²) in [5.74, 6) is 0. The first kappa shape index (κ1) is 16.6. The molecule has 5 heteroatoms. The van der Waals surface area contributed by atoms with Crippen molar-refractivity contribution in [2.24, 2.45) is 0 Å². The Labute approximate surface area is 135 Å². The molecule has 0 unspecified atom stereocenters. The number of nitriles is 1. The zero-order chi connectivity index (χ0) is 15.9. The molecule has 0 saturated carbocycles. The van der Waals surface area contributed by atoms with Crippen LogP contribution in [-0.4, -0.2) is 14.8 Å². The van der Waals surface area contributed by atoms with E-state index in [9.17, 15) is 4.79 Å². The summed E-state index contributed by atoms with van der Waals surface area (Å²) in [6, 6.07) is 9.59. The molecule has 1 aromatic heterocycles. The highest BCUT2D eigenvalue weighted by Gasteiger charge is 2.13. The summed E-state index contributed by atoms with van der Waals surface area (Å²) in [4.78, 5) is 17.3.